The first kappa shape index (κ1) is 23.7. The number of unbranched alkanes of at least 4 members (excludes halogenated alkanes) is 4. The smallest absolute Gasteiger partial charge is 0.305 e. The minimum atomic E-state index is -0.985. The first-order valence-corrected chi connectivity index (χ1v) is 10.4. The summed E-state index contributed by atoms with van der Waals surface area (Å²) in [7, 11) is 0. The minimum Gasteiger partial charge on any atom is -0.481 e. The Morgan fingerprint density at radius 3 is 2.54 bits per heavy atom. The Labute approximate surface area is 169 Å². The maximum Gasteiger partial charge on any atom is 0.305 e. The van der Waals surface area contributed by atoms with Gasteiger partial charge in [0, 0.05) is 35.2 Å². The fraction of sp³-hybridized carbons (Fsp3) is 0.500. The Morgan fingerprint density at radius 1 is 1.21 bits per heavy atom. The molecule has 0 saturated heterocycles. The molecule has 1 amide bonds. The number of nitrogens with one attached hydrogen (secondary N) is 1. The molecule has 0 aliphatic carbocycles. The van der Waals surface area contributed by atoms with Crippen LogP contribution in [0.15, 0.2) is 41.3 Å². The summed E-state index contributed by atoms with van der Waals surface area (Å²) in [6.45, 7) is 2.16. The summed E-state index contributed by atoms with van der Waals surface area (Å²) in [5, 5.41) is 22.5. The number of carbonyl (C=O) groups excluding carboxylic acids is 1. The zero-order valence-corrected chi connectivity index (χ0v) is 17.0. The molecule has 0 fully saturated rings. The average Bonchev–Trinajstić information content (AvgIpc) is 2.65. The van der Waals surface area contributed by atoms with Crippen LogP contribution in [0.3, 0.4) is 0 Å². The molecule has 0 aliphatic rings. The normalized spacial score (nSPS) is 12.0. The van der Waals surface area contributed by atoms with Gasteiger partial charge in [-0.25, -0.2) is 0 Å². The Morgan fingerprint density at radius 2 is 1.93 bits per heavy atom. The minimum absolute atomic E-state index is 0.00113. The fourth-order valence-corrected chi connectivity index (χ4v) is 3.43. The van der Waals surface area contributed by atoms with E-state index < -0.39 is 16.9 Å². The van der Waals surface area contributed by atoms with Crippen molar-refractivity contribution in [1.29, 1.82) is 0 Å². The monoisotopic (exact) mass is 408 g/mol. The van der Waals surface area contributed by atoms with Crippen molar-refractivity contribution in [1.82, 2.24) is 5.32 Å². The zero-order chi connectivity index (χ0) is 20.8. The number of nitro benzene ring substituents is 1. The third-order valence-electron chi connectivity index (χ3n) is 3.98. The fourth-order valence-electron chi connectivity index (χ4n) is 2.51. The number of rotatable bonds is 14. The van der Waals surface area contributed by atoms with Crippen molar-refractivity contribution in [2.45, 2.75) is 62.8 Å². The van der Waals surface area contributed by atoms with Crippen LogP contribution in [0.2, 0.25) is 0 Å². The van der Waals surface area contributed by atoms with Gasteiger partial charge < -0.3 is 10.4 Å². The number of carboxylic acids is 1. The summed E-state index contributed by atoms with van der Waals surface area (Å²) in [4.78, 5) is 34.1. The molecular formula is C20H28N2O5S. The summed E-state index contributed by atoms with van der Waals surface area (Å²) in [5.74, 6) is -0.822. The largest absolute Gasteiger partial charge is 0.481 e. The van der Waals surface area contributed by atoms with Crippen molar-refractivity contribution >= 4 is 29.3 Å². The SMILES string of the molecule is CCCCCC/C=C/CC(=O)N[C@H](CSc1ccc([N+](=O)[O-])cc1)CC(=O)O. The predicted octanol–water partition coefficient (Wildman–Crippen LogP) is 4.56. The van der Waals surface area contributed by atoms with Gasteiger partial charge in [-0.2, -0.15) is 0 Å². The Bertz CT molecular complexity index is 661. The first-order chi connectivity index (χ1) is 13.4. The van der Waals surface area contributed by atoms with Crippen LogP contribution in [0.25, 0.3) is 0 Å². The van der Waals surface area contributed by atoms with Gasteiger partial charge in [0.25, 0.3) is 5.69 Å². The summed E-state index contributed by atoms with van der Waals surface area (Å²) in [6, 6.07) is 5.52. The number of hydrogen-bond donors (Lipinski definition) is 2. The quantitative estimate of drug-likeness (QED) is 0.153. The number of hydrogen-bond acceptors (Lipinski definition) is 5. The highest BCUT2D eigenvalue weighted by molar-refractivity contribution is 7.99. The van der Waals surface area contributed by atoms with Crippen LogP contribution in [0.1, 0.15) is 51.9 Å². The third kappa shape index (κ3) is 10.7. The number of nitrogens with zero attached hydrogens (tertiary/aromatic N) is 1. The van der Waals surface area contributed by atoms with Crippen LogP contribution in [0.4, 0.5) is 5.69 Å². The van der Waals surface area contributed by atoms with Gasteiger partial charge in [-0.3, -0.25) is 19.7 Å². The number of aliphatic carboxylic acids is 1. The van der Waals surface area contributed by atoms with Gasteiger partial charge in [0.05, 0.1) is 11.3 Å². The second-order valence-corrected chi connectivity index (χ2v) is 7.54. The molecule has 7 nitrogen and oxygen atoms in total. The molecule has 0 unspecified atom stereocenters. The molecule has 1 rings (SSSR count). The molecule has 0 bridgehead atoms. The highest BCUT2D eigenvalue weighted by atomic mass is 32.2. The Kier molecular flexibility index (Phi) is 11.6. The number of carboxylic acid groups (broad SMARTS) is 1. The van der Waals surface area contributed by atoms with Crippen molar-refractivity contribution in [2.24, 2.45) is 0 Å². The zero-order valence-electron chi connectivity index (χ0n) is 16.1. The Hall–Kier alpha value is -2.35. The standard InChI is InChI=1S/C20H28N2O5S/c1-2-3-4-5-6-7-8-9-19(23)21-16(14-20(24)25)15-28-18-12-10-17(11-13-18)22(26)27/h7-8,10-13,16H,2-6,9,14-15H2,1H3,(H,21,23)(H,24,25)/b8-7+/t16-/m0/s1. The average molecular weight is 409 g/mol. The summed E-state index contributed by atoms with van der Waals surface area (Å²) in [5.41, 5.74) is 0.00113. The van der Waals surface area contributed by atoms with Crippen LogP contribution < -0.4 is 5.32 Å². The predicted molar refractivity (Wildman–Crippen MR) is 111 cm³/mol. The second kappa shape index (κ2) is 13.8. The lowest BCUT2D eigenvalue weighted by Gasteiger charge is -2.16. The highest BCUT2D eigenvalue weighted by Crippen LogP contribution is 2.22. The molecule has 0 aromatic heterocycles. The van der Waals surface area contributed by atoms with E-state index >= 15 is 0 Å². The second-order valence-electron chi connectivity index (χ2n) is 6.45. The third-order valence-corrected chi connectivity index (χ3v) is 5.15. The number of nitro groups is 1. The van der Waals surface area contributed by atoms with E-state index in [4.69, 9.17) is 5.11 Å². The number of allylic oxidation sites excluding steroid dienone is 1. The van der Waals surface area contributed by atoms with Gasteiger partial charge in [0.1, 0.15) is 0 Å². The van der Waals surface area contributed by atoms with Crippen molar-refractivity contribution in [2.75, 3.05) is 5.75 Å². The summed E-state index contributed by atoms with van der Waals surface area (Å²) in [6.07, 6.45) is 9.52. The number of benzene rings is 1. The van der Waals surface area contributed by atoms with Gasteiger partial charge in [-0.1, -0.05) is 38.3 Å². The van der Waals surface area contributed by atoms with Crippen molar-refractivity contribution in [3.05, 3.63) is 46.5 Å². The first-order valence-electron chi connectivity index (χ1n) is 9.45. The van der Waals surface area contributed by atoms with Crippen molar-refractivity contribution < 1.29 is 19.6 Å². The molecule has 0 radical (unpaired) electrons. The van der Waals surface area contributed by atoms with E-state index in [1.165, 1.54) is 43.2 Å². The summed E-state index contributed by atoms with van der Waals surface area (Å²) < 4.78 is 0. The highest BCUT2D eigenvalue weighted by Gasteiger charge is 2.16. The number of amides is 1. The van der Waals surface area contributed by atoms with E-state index in [2.05, 4.69) is 12.2 Å². The van der Waals surface area contributed by atoms with E-state index in [9.17, 15) is 19.7 Å². The van der Waals surface area contributed by atoms with Gasteiger partial charge >= 0.3 is 5.97 Å². The lowest BCUT2D eigenvalue weighted by Crippen LogP contribution is -2.38. The van der Waals surface area contributed by atoms with Crippen molar-refractivity contribution in [3.63, 3.8) is 0 Å². The van der Waals surface area contributed by atoms with Gasteiger partial charge in [-0.05, 0) is 25.0 Å². The maximum atomic E-state index is 12.1. The topological polar surface area (TPSA) is 110 Å². The van der Waals surface area contributed by atoms with Crippen LogP contribution in [-0.4, -0.2) is 33.7 Å². The lowest BCUT2D eigenvalue weighted by atomic mass is 10.1. The van der Waals surface area contributed by atoms with Gasteiger partial charge in [0.15, 0.2) is 0 Å². The van der Waals surface area contributed by atoms with E-state index in [-0.39, 0.29) is 24.4 Å². The molecule has 0 aliphatic heterocycles. The lowest BCUT2D eigenvalue weighted by molar-refractivity contribution is -0.384. The molecule has 1 aromatic carbocycles. The molecule has 0 saturated carbocycles. The molecular weight excluding hydrogens is 380 g/mol. The molecule has 0 spiro atoms. The number of thioether (sulfide) groups is 1. The molecule has 2 N–H and O–H groups in total. The van der Waals surface area contributed by atoms with Crippen LogP contribution in [-0.2, 0) is 9.59 Å². The number of carbonyl (C=O) groups is 2. The molecule has 1 aromatic rings. The molecule has 0 heterocycles. The van der Waals surface area contributed by atoms with Crippen LogP contribution in [0, 0.1) is 10.1 Å². The van der Waals surface area contributed by atoms with Crippen molar-refractivity contribution in [3.8, 4) is 0 Å². The number of non-ortho nitro benzene ring substituents is 1. The van der Waals surface area contributed by atoms with Crippen LogP contribution >= 0.6 is 11.8 Å². The molecule has 154 valence electrons. The van der Waals surface area contributed by atoms with Gasteiger partial charge in [0.2, 0.25) is 5.91 Å². The molecule has 8 heteroatoms. The Balaban J connectivity index is 2.44. The molecule has 28 heavy (non-hydrogen) atoms. The van der Waals surface area contributed by atoms with E-state index in [0.717, 1.165) is 17.7 Å². The molecule has 1 atom stereocenters. The van der Waals surface area contributed by atoms with E-state index in [0.29, 0.717) is 5.75 Å². The summed E-state index contributed by atoms with van der Waals surface area (Å²) >= 11 is 1.35. The van der Waals surface area contributed by atoms with Gasteiger partial charge in [-0.15, -0.1) is 11.8 Å². The van der Waals surface area contributed by atoms with Crippen LogP contribution in [0.5, 0.6) is 0 Å². The van der Waals surface area contributed by atoms with E-state index in [1.54, 1.807) is 12.1 Å². The van der Waals surface area contributed by atoms with E-state index in [1.807, 2.05) is 12.2 Å². The maximum absolute atomic E-state index is 12.1.